The van der Waals surface area contributed by atoms with Crippen molar-refractivity contribution in [2.24, 2.45) is 10.8 Å². The van der Waals surface area contributed by atoms with Crippen molar-refractivity contribution in [3.05, 3.63) is 28.7 Å². The van der Waals surface area contributed by atoms with E-state index in [4.69, 9.17) is 45.5 Å². The van der Waals surface area contributed by atoms with E-state index in [1.54, 1.807) is 13.1 Å². The number of piperidine rings is 1. The van der Waals surface area contributed by atoms with Gasteiger partial charge in [0.1, 0.15) is 28.0 Å². The minimum Gasteiger partial charge on any atom is -0.480 e. The third-order valence-corrected chi connectivity index (χ3v) is 14.1. The first-order valence-electron chi connectivity index (χ1n) is 20.3. The van der Waals surface area contributed by atoms with Gasteiger partial charge < -0.3 is 29.0 Å². The fourth-order valence-electron chi connectivity index (χ4n) is 10.8. The highest BCUT2D eigenvalue weighted by molar-refractivity contribution is 6.33. The Kier molecular flexibility index (Phi) is 8.93. The molecule has 3 aromatic heterocycles. The van der Waals surface area contributed by atoms with E-state index < -0.39 is 11.4 Å². The first kappa shape index (κ1) is 36.0. The molecule has 55 heavy (non-hydrogen) atoms. The van der Waals surface area contributed by atoms with Gasteiger partial charge in [0.25, 0.3) is 0 Å². The van der Waals surface area contributed by atoms with Gasteiger partial charge in [0, 0.05) is 45.4 Å². The summed E-state index contributed by atoms with van der Waals surface area (Å²) < 4.78 is 41.7. The number of rotatable bonds is 8. The lowest BCUT2D eigenvalue weighted by molar-refractivity contribution is -0.143. The van der Waals surface area contributed by atoms with E-state index >= 15 is 4.39 Å². The van der Waals surface area contributed by atoms with Crippen molar-refractivity contribution >= 4 is 39.2 Å². The number of hydrogen-bond donors (Lipinski definition) is 2. The van der Waals surface area contributed by atoms with E-state index in [9.17, 15) is 5.11 Å². The molecule has 2 N–H and O–H groups in total. The SMILES string of the molecule is COc1nc(-c2c(C3CC3)c(Cl)cc3[nH]ncc23)c(F)c2nc(OC[C@]34CCC[C@H]3N(C3CCC5(CC3)COC5)CCC4)nc(N3CCOC[C@@](C)(O)C3)c12. The summed E-state index contributed by atoms with van der Waals surface area (Å²) in [6, 6.07) is 2.99. The summed E-state index contributed by atoms with van der Waals surface area (Å²) in [5, 5.41) is 20.1. The van der Waals surface area contributed by atoms with Gasteiger partial charge in [0.05, 0.1) is 58.4 Å². The number of aromatic nitrogens is 5. The normalized spacial score (nSPS) is 28.7. The number of halogens is 2. The zero-order valence-corrected chi connectivity index (χ0v) is 32.6. The summed E-state index contributed by atoms with van der Waals surface area (Å²) in [6.45, 7) is 6.31. The Morgan fingerprint density at radius 2 is 1.84 bits per heavy atom. The highest BCUT2D eigenvalue weighted by Crippen LogP contribution is 2.53. The van der Waals surface area contributed by atoms with Crippen LogP contribution in [-0.2, 0) is 9.47 Å². The van der Waals surface area contributed by atoms with E-state index in [-0.39, 0.29) is 47.6 Å². The minimum atomic E-state index is -1.17. The molecule has 3 atom stereocenters. The maximum Gasteiger partial charge on any atom is 0.319 e. The number of H-pyrrole nitrogens is 1. The molecule has 6 fully saturated rings. The number of anilines is 1. The number of fused-ring (bicyclic) bond motifs is 3. The number of benzene rings is 1. The molecule has 3 aliphatic heterocycles. The zero-order chi connectivity index (χ0) is 37.5. The number of pyridine rings is 1. The van der Waals surface area contributed by atoms with E-state index in [0.29, 0.717) is 64.6 Å². The molecule has 3 saturated heterocycles. The predicted molar refractivity (Wildman–Crippen MR) is 207 cm³/mol. The topological polar surface area (TPSA) is 131 Å². The summed E-state index contributed by atoms with van der Waals surface area (Å²) in [6.07, 6.45) is 14.2. The first-order chi connectivity index (χ1) is 26.7. The molecule has 6 aliphatic rings. The van der Waals surface area contributed by atoms with Crippen molar-refractivity contribution in [2.75, 3.05) is 64.7 Å². The summed E-state index contributed by atoms with van der Waals surface area (Å²) in [7, 11) is 1.52. The van der Waals surface area contributed by atoms with Crippen LogP contribution >= 0.6 is 11.6 Å². The Morgan fingerprint density at radius 3 is 2.60 bits per heavy atom. The maximum atomic E-state index is 17.6. The van der Waals surface area contributed by atoms with Crippen molar-refractivity contribution in [1.82, 2.24) is 30.0 Å². The number of nitrogens with one attached hydrogen (secondary N) is 1. The van der Waals surface area contributed by atoms with Gasteiger partial charge in [-0.15, -0.1) is 0 Å². The molecule has 0 unspecified atom stereocenters. The number of methoxy groups -OCH3 is 1. The van der Waals surface area contributed by atoms with Crippen molar-refractivity contribution in [3.8, 4) is 23.1 Å². The molecule has 10 rings (SSSR count). The highest BCUT2D eigenvalue weighted by Gasteiger charge is 2.52. The average Bonchev–Trinajstić information content (AvgIpc) is 3.79. The standard InChI is InChI=1S/C41H51ClFN7O5/c1-39(51)19-49(15-16-53-20-39)36-32-35(33(43)34(45-37(32)52-2)31-26-18-44-48-28(26)17-27(42)30(31)24-6-7-24)46-38(47-36)55-23-41-10-3-5-29(41)50(14-4-11-41)25-8-12-40(13-9-25)21-54-22-40/h17-18,24-25,29,51H,3-16,19-23H2,1-2H3,(H,44,48)/t29-,39+,41-/m1/s1. The Balaban J connectivity index is 1.06. The number of aromatic amines is 1. The molecular weight excluding hydrogens is 725 g/mol. The molecule has 294 valence electrons. The number of aliphatic hydroxyl groups is 1. The largest absolute Gasteiger partial charge is 0.480 e. The number of hydrogen-bond acceptors (Lipinski definition) is 11. The summed E-state index contributed by atoms with van der Waals surface area (Å²) in [4.78, 5) is 19.5. The summed E-state index contributed by atoms with van der Waals surface area (Å²) >= 11 is 6.90. The number of nitrogens with zero attached hydrogens (tertiary/aromatic N) is 6. The van der Waals surface area contributed by atoms with Crippen molar-refractivity contribution in [1.29, 1.82) is 0 Å². The van der Waals surface area contributed by atoms with Gasteiger partial charge in [-0.2, -0.15) is 15.1 Å². The zero-order valence-electron chi connectivity index (χ0n) is 31.8. The van der Waals surface area contributed by atoms with Crippen LogP contribution in [0.4, 0.5) is 10.2 Å². The van der Waals surface area contributed by atoms with Gasteiger partial charge in [0.2, 0.25) is 5.88 Å². The quantitative estimate of drug-likeness (QED) is 0.196. The fourth-order valence-corrected chi connectivity index (χ4v) is 11.2. The smallest absolute Gasteiger partial charge is 0.319 e. The molecule has 4 aromatic rings. The monoisotopic (exact) mass is 775 g/mol. The molecule has 1 spiro atoms. The molecule has 14 heteroatoms. The van der Waals surface area contributed by atoms with E-state index in [1.165, 1.54) is 32.8 Å². The second-order valence-electron chi connectivity index (χ2n) is 17.7. The molecule has 0 amide bonds. The van der Waals surface area contributed by atoms with Crippen molar-refractivity contribution in [3.63, 3.8) is 0 Å². The molecule has 0 bridgehead atoms. The molecule has 3 saturated carbocycles. The predicted octanol–water partition coefficient (Wildman–Crippen LogP) is 6.81. The van der Waals surface area contributed by atoms with Crippen LogP contribution in [0.15, 0.2) is 12.3 Å². The fraction of sp³-hybridized carbons (Fsp3) is 0.659. The second kappa shape index (κ2) is 13.6. The summed E-state index contributed by atoms with van der Waals surface area (Å²) in [5.74, 6) is 0.154. The third kappa shape index (κ3) is 6.23. The molecule has 6 heterocycles. The highest BCUT2D eigenvalue weighted by atomic mass is 35.5. The Bertz CT molecular complexity index is 2110. The van der Waals surface area contributed by atoms with Gasteiger partial charge >= 0.3 is 6.01 Å². The average molecular weight is 776 g/mol. The van der Waals surface area contributed by atoms with Crippen molar-refractivity contribution < 1.29 is 28.4 Å². The van der Waals surface area contributed by atoms with Crippen LogP contribution in [0, 0.1) is 16.6 Å². The van der Waals surface area contributed by atoms with Crippen LogP contribution in [0.2, 0.25) is 5.02 Å². The number of ether oxygens (including phenoxy) is 4. The number of β-amino-alcohol motifs (C(OH)–C–C–N with tert-alkyl or cyclic N) is 1. The van der Waals surface area contributed by atoms with E-state index in [1.807, 2.05) is 11.0 Å². The molecular formula is C41H51ClFN7O5. The van der Waals surface area contributed by atoms with E-state index in [2.05, 4.69) is 15.1 Å². The molecule has 1 aromatic carbocycles. The Hall–Kier alpha value is -3.36. The van der Waals surface area contributed by atoms with Crippen molar-refractivity contribution in [2.45, 2.75) is 101 Å². The van der Waals surface area contributed by atoms with Gasteiger partial charge in [-0.3, -0.25) is 10.00 Å². The van der Waals surface area contributed by atoms with Crippen LogP contribution in [0.3, 0.4) is 0 Å². The van der Waals surface area contributed by atoms with Gasteiger partial charge in [-0.1, -0.05) is 18.0 Å². The van der Waals surface area contributed by atoms with Crippen LogP contribution in [-0.4, -0.2) is 113 Å². The maximum absolute atomic E-state index is 17.6. The third-order valence-electron chi connectivity index (χ3n) is 13.8. The van der Waals surface area contributed by atoms with Crippen LogP contribution in [0.25, 0.3) is 33.1 Å². The summed E-state index contributed by atoms with van der Waals surface area (Å²) in [5.41, 5.74) is 1.51. The minimum absolute atomic E-state index is 0.0297. The lowest BCUT2D eigenvalue weighted by Crippen LogP contribution is -2.57. The first-order valence-corrected chi connectivity index (χ1v) is 20.7. The lowest BCUT2D eigenvalue weighted by atomic mass is 9.69. The van der Waals surface area contributed by atoms with E-state index in [0.717, 1.165) is 75.7 Å². The molecule has 0 radical (unpaired) electrons. The van der Waals surface area contributed by atoms with Gasteiger partial charge in [-0.25, -0.2) is 9.37 Å². The Morgan fingerprint density at radius 1 is 1.02 bits per heavy atom. The second-order valence-corrected chi connectivity index (χ2v) is 18.1. The van der Waals surface area contributed by atoms with Gasteiger partial charge in [0.15, 0.2) is 5.82 Å². The molecule has 12 nitrogen and oxygen atoms in total. The number of likely N-dealkylation sites (tertiary alicyclic amines) is 1. The lowest BCUT2D eigenvalue weighted by Gasteiger charge is -2.53. The van der Waals surface area contributed by atoms with Crippen LogP contribution < -0.4 is 14.4 Å². The van der Waals surface area contributed by atoms with Crippen LogP contribution in [0.5, 0.6) is 11.9 Å². The van der Waals surface area contributed by atoms with Crippen LogP contribution in [0.1, 0.15) is 89.0 Å². The Labute approximate surface area is 325 Å². The van der Waals surface area contributed by atoms with Gasteiger partial charge in [-0.05, 0) is 95.2 Å². The molecule has 3 aliphatic carbocycles.